The van der Waals surface area contributed by atoms with Crippen molar-refractivity contribution in [3.05, 3.63) is 17.7 Å². The van der Waals surface area contributed by atoms with Gasteiger partial charge in [-0.25, -0.2) is 0 Å². The first-order valence-corrected chi connectivity index (χ1v) is 6.42. The van der Waals surface area contributed by atoms with Gasteiger partial charge in [-0.05, 0) is 24.0 Å². The molecule has 92 valence electrons. The highest BCUT2D eigenvalue weighted by Gasteiger charge is 2.10. The summed E-state index contributed by atoms with van der Waals surface area (Å²) in [5, 5.41) is 3.17. The number of nitrogens with one attached hydrogen (secondary N) is 1. The molecule has 0 radical (unpaired) electrons. The topological polar surface area (TPSA) is 30.5 Å². The normalized spacial score (nSPS) is 9.76. The average molecular weight is 251 g/mol. The molecule has 4 heteroatoms. The summed E-state index contributed by atoms with van der Waals surface area (Å²) in [4.78, 5) is 1.16. The van der Waals surface area contributed by atoms with Crippen molar-refractivity contribution in [2.45, 2.75) is 11.4 Å². The van der Waals surface area contributed by atoms with Crippen molar-refractivity contribution in [3.8, 4) is 23.8 Å². The molecule has 0 aliphatic carbocycles. The summed E-state index contributed by atoms with van der Waals surface area (Å²) in [5.74, 6) is 4.04. The van der Waals surface area contributed by atoms with Gasteiger partial charge in [0.05, 0.1) is 20.8 Å². The van der Waals surface area contributed by atoms with Crippen LogP contribution >= 0.6 is 11.8 Å². The van der Waals surface area contributed by atoms with Gasteiger partial charge in [0.1, 0.15) is 0 Å². The number of methoxy groups -OCH3 is 2. The van der Waals surface area contributed by atoms with E-state index in [-0.39, 0.29) is 0 Å². The molecule has 3 nitrogen and oxygen atoms in total. The lowest BCUT2D eigenvalue weighted by Crippen LogP contribution is -2.13. The SMILES string of the molecule is C#CCNCc1cc(OC)c(OC)cc1SC. The van der Waals surface area contributed by atoms with Gasteiger partial charge in [0.25, 0.3) is 0 Å². The lowest BCUT2D eigenvalue weighted by molar-refractivity contribution is 0.353. The van der Waals surface area contributed by atoms with E-state index in [2.05, 4.69) is 11.2 Å². The number of ether oxygens (including phenoxy) is 2. The molecule has 0 aliphatic rings. The Morgan fingerprint density at radius 1 is 1.29 bits per heavy atom. The zero-order chi connectivity index (χ0) is 12.7. The summed E-state index contributed by atoms with van der Waals surface area (Å²) in [6.07, 6.45) is 7.24. The summed E-state index contributed by atoms with van der Waals surface area (Å²) in [5.41, 5.74) is 1.16. The van der Waals surface area contributed by atoms with Crippen LogP contribution in [0.4, 0.5) is 0 Å². The van der Waals surface area contributed by atoms with Crippen molar-refractivity contribution in [1.29, 1.82) is 0 Å². The van der Waals surface area contributed by atoms with Crippen LogP contribution in [0, 0.1) is 12.3 Å². The van der Waals surface area contributed by atoms with Crippen LogP contribution < -0.4 is 14.8 Å². The van der Waals surface area contributed by atoms with Gasteiger partial charge in [0, 0.05) is 11.4 Å². The molecule has 0 aromatic heterocycles. The van der Waals surface area contributed by atoms with Crippen LogP contribution in [-0.2, 0) is 6.54 Å². The van der Waals surface area contributed by atoms with Crippen LogP contribution in [0.5, 0.6) is 11.5 Å². The van der Waals surface area contributed by atoms with E-state index in [0.29, 0.717) is 6.54 Å². The molecule has 1 rings (SSSR count). The zero-order valence-electron chi connectivity index (χ0n) is 10.4. The Morgan fingerprint density at radius 2 is 1.94 bits per heavy atom. The molecule has 0 unspecified atom stereocenters. The number of benzene rings is 1. The van der Waals surface area contributed by atoms with Gasteiger partial charge < -0.3 is 14.8 Å². The maximum absolute atomic E-state index is 5.28. The van der Waals surface area contributed by atoms with E-state index in [4.69, 9.17) is 15.9 Å². The summed E-state index contributed by atoms with van der Waals surface area (Å²) in [7, 11) is 3.27. The highest BCUT2D eigenvalue weighted by molar-refractivity contribution is 7.98. The van der Waals surface area contributed by atoms with Crippen LogP contribution in [-0.4, -0.2) is 27.0 Å². The second kappa shape index (κ2) is 7.10. The van der Waals surface area contributed by atoms with Crippen molar-refractivity contribution in [2.75, 3.05) is 27.0 Å². The van der Waals surface area contributed by atoms with Gasteiger partial charge in [-0.2, -0.15) is 0 Å². The van der Waals surface area contributed by atoms with E-state index in [1.807, 2.05) is 18.4 Å². The van der Waals surface area contributed by atoms with Crippen molar-refractivity contribution >= 4 is 11.8 Å². The Labute approximate surface area is 107 Å². The summed E-state index contributed by atoms with van der Waals surface area (Å²) < 4.78 is 10.5. The molecule has 0 atom stereocenters. The lowest BCUT2D eigenvalue weighted by Gasteiger charge is -2.13. The van der Waals surface area contributed by atoms with Gasteiger partial charge in [0.15, 0.2) is 11.5 Å². The lowest BCUT2D eigenvalue weighted by atomic mass is 10.2. The number of hydrogen-bond acceptors (Lipinski definition) is 4. The fourth-order valence-electron chi connectivity index (χ4n) is 1.50. The smallest absolute Gasteiger partial charge is 0.161 e. The average Bonchev–Trinajstić information content (AvgIpc) is 2.38. The second-order valence-corrected chi connectivity index (χ2v) is 4.17. The maximum atomic E-state index is 5.28. The Bertz CT molecular complexity index is 413. The van der Waals surface area contributed by atoms with Crippen LogP contribution in [0.2, 0.25) is 0 Å². The van der Waals surface area contributed by atoms with Gasteiger partial charge in [-0.1, -0.05) is 5.92 Å². The summed E-state index contributed by atoms with van der Waals surface area (Å²) >= 11 is 1.67. The third-order valence-electron chi connectivity index (χ3n) is 2.33. The van der Waals surface area contributed by atoms with E-state index in [0.717, 1.165) is 28.5 Å². The first-order valence-electron chi connectivity index (χ1n) is 5.19. The molecule has 0 saturated carbocycles. The van der Waals surface area contributed by atoms with Crippen molar-refractivity contribution < 1.29 is 9.47 Å². The standard InChI is InChI=1S/C13H17NO2S/c1-5-6-14-9-10-7-11(15-2)12(16-3)8-13(10)17-4/h1,7-8,14H,6,9H2,2-4H3. The quantitative estimate of drug-likeness (QED) is 0.477. The van der Waals surface area contributed by atoms with Gasteiger partial charge >= 0.3 is 0 Å². The molecule has 1 N–H and O–H groups in total. The van der Waals surface area contributed by atoms with Crippen LogP contribution in [0.25, 0.3) is 0 Å². The van der Waals surface area contributed by atoms with Crippen molar-refractivity contribution in [2.24, 2.45) is 0 Å². The maximum Gasteiger partial charge on any atom is 0.161 e. The minimum Gasteiger partial charge on any atom is -0.493 e. The second-order valence-electron chi connectivity index (χ2n) is 3.33. The van der Waals surface area contributed by atoms with Crippen LogP contribution in [0.15, 0.2) is 17.0 Å². The Balaban J connectivity index is 2.98. The van der Waals surface area contributed by atoms with E-state index >= 15 is 0 Å². The fourth-order valence-corrected chi connectivity index (χ4v) is 2.12. The van der Waals surface area contributed by atoms with Crippen LogP contribution in [0.3, 0.4) is 0 Å². The monoisotopic (exact) mass is 251 g/mol. The minimum atomic E-state index is 0.558. The molecule has 0 aliphatic heterocycles. The van der Waals surface area contributed by atoms with Crippen molar-refractivity contribution in [3.63, 3.8) is 0 Å². The molecule has 1 aromatic carbocycles. The first kappa shape index (κ1) is 13.8. The number of thioether (sulfide) groups is 1. The van der Waals surface area contributed by atoms with Gasteiger partial charge in [-0.15, -0.1) is 18.2 Å². The number of terminal acetylenes is 1. The number of rotatable bonds is 6. The number of hydrogen-bond donors (Lipinski definition) is 1. The molecular formula is C13H17NO2S. The molecule has 0 heterocycles. The molecule has 0 saturated heterocycles. The van der Waals surface area contributed by atoms with E-state index in [9.17, 15) is 0 Å². The predicted octanol–water partition coefficient (Wildman–Crippen LogP) is 2.15. The Morgan fingerprint density at radius 3 is 2.47 bits per heavy atom. The van der Waals surface area contributed by atoms with Gasteiger partial charge in [-0.3, -0.25) is 0 Å². The largest absolute Gasteiger partial charge is 0.493 e. The molecule has 0 amide bonds. The predicted molar refractivity (Wildman–Crippen MR) is 71.9 cm³/mol. The third-order valence-corrected chi connectivity index (χ3v) is 3.15. The Hall–Kier alpha value is -1.31. The molecule has 0 bridgehead atoms. The van der Waals surface area contributed by atoms with Gasteiger partial charge in [0.2, 0.25) is 0 Å². The Kier molecular flexibility index (Phi) is 5.75. The minimum absolute atomic E-state index is 0.558. The fraction of sp³-hybridized carbons (Fsp3) is 0.385. The molecular weight excluding hydrogens is 234 g/mol. The molecule has 17 heavy (non-hydrogen) atoms. The molecule has 0 fully saturated rings. The van der Waals surface area contributed by atoms with Crippen LogP contribution in [0.1, 0.15) is 5.56 Å². The van der Waals surface area contributed by atoms with E-state index < -0.39 is 0 Å². The summed E-state index contributed by atoms with van der Waals surface area (Å²) in [6.45, 7) is 1.28. The summed E-state index contributed by atoms with van der Waals surface area (Å²) in [6, 6.07) is 3.96. The third kappa shape index (κ3) is 3.58. The zero-order valence-corrected chi connectivity index (χ0v) is 11.2. The van der Waals surface area contributed by atoms with E-state index in [1.165, 1.54) is 0 Å². The molecule has 1 aromatic rings. The van der Waals surface area contributed by atoms with E-state index in [1.54, 1.807) is 26.0 Å². The first-order chi connectivity index (χ1) is 8.26. The van der Waals surface area contributed by atoms with Crippen molar-refractivity contribution in [1.82, 2.24) is 5.32 Å². The highest BCUT2D eigenvalue weighted by Crippen LogP contribution is 2.34. The highest BCUT2D eigenvalue weighted by atomic mass is 32.2. The molecule has 0 spiro atoms.